The van der Waals surface area contributed by atoms with E-state index in [4.69, 9.17) is 4.74 Å². The van der Waals surface area contributed by atoms with Crippen molar-refractivity contribution in [1.29, 1.82) is 0 Å². The SMILES string of the molecule is CCNC(=NCc1ccc(F)cc1CSC)NCC1CCCO1. The molecule has 1 fully saturated rings. The fraction of sp³-hybridized carbons (Fsp3) is 0.588. The zero-order valence-corrected chi connectivity index (χ0v) is 14.7. The Kier molecular flexibility index (Phi) is 7.68. The van der Waals surface area contributed by atoms with Crippen molar-refractivity contribution in [3.8, 4) is 0 Å². The van der Waals surface area contributed by atoms with E-state index < -0.39 is 0 Å². The number of nitrogens with zero attached hydrogens (tertiary/aromatic N) is 1. The van der Waals surface area contributed by atoms with E-state index in [1.54, 1.807) is 17.8 Å². The molecule has 0 radical (unpaired) electrons. The van der Waals surface area contributed by atoms with Crippen LogP contribution in [0.2, 0.25) is 0 Å². The van der Waals surface area contributed by atoms with E-state index in [1.807, 2.05) is 19.2 Å². The highest BCUT2D eigenvalue weighted by atomic mass is 32.2. The Labute approximate surface area is 142 Å². The Morgan fingerprint density at radius 1 is 1.39 bits per heavy atom. The van der Waals surface area contributed by atoms with Crippen molar-refractivity contribution in [3.05, 3.63) is 35.1 Å². The minimum atomic E-state index is -0.190. The molecule has 0 aliphatic carbocycles. The number of ether oxygens (including phenoxy) is 1. The zero-order valence-electron chi connectivity index (χ0n) is 13.9. The van der Waals surface area contributed by atoms with Gasteiger partial charge in [-0.3, -0.25) is 0 Å². The van der Waals surface area contributed by atoms with Crippen molar-refractivity contribution in [2.75, 3.05) is 26.0 Å². The highest BCUT2D eigenvalue weighted by Gasteiger charge is 2.15. The predicted molar refractivity (Wildman–Crippen MR) is 95.4 cm³/mol. The first-order valence-electron chi connectivity index (χ1n) is 8.13. The second-order valence-corrected chi connectivity index (χ2v) is 6.42. The van der Waals surface area contributed by atoms with Crippen molar-refractivity contribution in [2.24, 2.45) is 4.99 Å². The number of hydrogen-bond acceptors (Lipinski definition) is 3. The van der Waals surface area contributed by atoms with Crippen LogP contribution in [0.25, 0.3) is 0 Å². The van der Waals surface area contributed by atoms with Gasteiger partial charge in [-0.2, -0.15) is 11.8 Å². The molecule has 1 saturated heterocycles. The third-order valence-corrected chi connectivity index (χ3v) is 4.34. The molecular weight excluding hydrogens is 313 g/mol. The second-order valence-electron chi connectivity index (χ2n) is 5.56. The lowest BCUT2D eigenvalue weighted by Crippen LogP contribution is -2.41. The van der Waals surface area contributed by atoms with E-state index in [0.29, 0.717) is 6.54 Å². The summed E-state index contributed by atoms with van der Waals surface area (Å²) in [7, 11) is 0. The van der Waals surface area contributed by atoms with E-state index in [1.165, 1.54) is 6.07 Å². The lowest BCUT2D eigenvalue weighted by atomic mass is 10.1. The van der Waals surface area contributed by atoms with Gasteiger partial charge in [-0.05, 0) is 49.3 Å². The maximum absolute atomic E-state index is 13.4. The molecule has 0 bridgehead atoms. The summed E-state index contributed by atoms with van der Waals surface area (Å²) in [6.07, 6.45) is 4.53. The van der Waals surface area contributed by atoms with Gasteiger partial charge in [-0.15, -0.1) is 0 Å². The second kappa shape index (κ2) is 9.78. The Bertz CT molecular complexity index is 519. The molecule has 2 rings (SSSR count). The first-order valence-corrected chi connectivity index (χ1v) is 9.52. The molecule has 1 aromatic carbocycles. The van der Waals surface area contributed by atoms with Crippen LogP contribution in [0.5, 0.6) is 0 Å². The van der Waals surface area contributed by atoms with Gasteiger partial charge >= 0.3 is 0 Å². The maximum atomic E-state index is 13.4. The van der Waals surface area contributed by atoms with E-state index in [9.17, 15) is 4.39 Å². The van der Waals surface area contributed by atoms with Gasteiger partial charge in [0, 0.05) is 25.4 Å². The molecule has 1 unspecified atom stereocenters. The fourth-order valence-corrected chi connectivity index (χ4v) is 3.14. The van der Waals surface area contributed by atoms with E-state index in [0.717, 1.165) is 55.4 Å². The number of halogens is 1. The monoisotopic (exact) mass is 339 g/mol. The molecule has 4 nitrogen and oxygen atoms in total. The van der Waals surface area contributed by atoms with Crippen LogP contribution in [0.3, 0.4) is 0 Å². The van der Waals surface area contributed by atoms with Crippen LogP contribution in [0.4, 0.5) is 4.39 Å². The van der Waals surface area contributed by atoms with Crippen LogP contribution < -0.4 is 10.6 Å². The van der Waals surface area contributed by atoms with Crippen LogP contribution in [0.15, 0.2) is 23.2 Å². The summed E-state index contributed by atoms with van der Waals surface area (Å²) < 4.78 is 19.0. The summed E-state index contributed by atoms with van der Waals surface area (Å²) in [5.74, 6) is 1.38. The zero-order chi connectivity index (χ0) is 16.5. The van der Waals surface area contributed by atoms with Gasteiger partial charge in [0.2, 0.25) is 0 Å². The normalized spacial score (nSPS) is 18.2. The Balaban J connectivity index is 1.98. The fourth-order valence-electron chi connectivity index (χ4n) is 2.56. The number of benzene rings is 1. The average molecular weight is 339 g/mol. The lowest BCUT2D eigenvalue weighted by molar-refractivity contribution is 0.114. The number of aliphatic imine (C=N–C) groups is 1. The van der Waals surface area contributed by atoms with Crippen LogP contribution >= 0.6 is 11.8 Å². The summed E-state index contributed by atoms with van der Waals surface area (Å²) >= 11 is 1.69. The van der Waals surface area contributed by atoms with Gasteiger partial charge in [0.05, 0.1) is 12.6 Å². The molecule has 23 heavy (non-hydrogen) atoms. The standard InChI is InChI=1S/C17H26FN3OS/c1-3-19-17(21-11-16-5-4-8-22-16)20-10-13-6-7-15(18)9-14(13)12-23-2/h6-7,9,16H,3-5,8,10-12H2,1-2H3,(H2,19,20,21). The van der Waals surface area contributed by atoms with Crippen LogP contribution in [-0.2, 0) is 17.0 Å². The van der Waals surface area contributed by atoms with Crippen LogP contribution in [-0.4, -0.2) is 38.0 Å². The highest BCUT2D eigenvalue weighted by molar-refractivity contribution is 7.97. The van der Waals surface area contributed by atoms with Crippen molar-refractivity contribution < 1.29 is 9.13 Å². The number of thioether (sulfide) groups is 1. The summed E-state index contributed by atoms with van der Waals surface area (Å²) in [4.78, 5) is 4.62. The summed E-state index contributed by atoms with van der Waals surface area (Å²) in [5.41, 5.74) is 2.08. The molecule has 0 spiro atoms. The molecule has 1 heterocycles. The topological polar surface area (TPSA) is 45.7 Å². The molecule has 1 atom stereocenters. The first-order chi connectivity index (χ1) is 11.2. The quantitative estimate of drug-likeness (QED) is 0.592. The first kappa shape index (κ1) is 18.1. The number of hydrogen-bond donors (Lipinski definition) is 2. The molecule has 0 aromatic heterocycles. The van der Waals surface area contributed by atoms with Gasteiger partial charge in [0.15, 0.2) is 5.96 Å². The van der Waals surface area contributed by atoms with Crippen molar-refractivity contribution in [2.45, 2.75) is 38.2 Å². The Morgan fingerprint density at radius 3 is 2.96 bits per heavy atom. The van der Waals surface area contributed by atoms with Gasteiger partial charge in [0.1, 0.15) is 5.82 Å². The average Bonchev–Trinajstić information content (AvgIpc) is 3.05. The van der Waals surface area contributed by atoms with Crippen LogP contribution in [0, 0.1) is 5.82 Å². The highest BCUT2D eigenvalue weighted by Crippen LogP contribution is 2.17. The molecule has 0 amide bonds. The summed E-state index contributed by atoms with van der Waals surface area (Å²) in [6.45, 7) is 5.01. The van der Waals surface area contributed by atoms with Gasteiger partial charge in [-0.1, -0.05) is 6.07 Å². The number of nitrogens with one attached hydrogen (secondary N) is 2. The maximum Gasteiger partial charge on any atom is 0.191 e. The van der Waals surface area contributed by atoms with E-state index >= 15 is 0 Å². The molecule has 1 aliphatic heterocycles. The Hall–Kier alpha value is -1.27. The molecule has 0 saturated carbocycles. The smallest absolute Gasteiger partial charge is 0.191 e. The summed E-state index contributed by atoms with van der Waals surface area (Å²) in [5, 5.41) is 6.57. The van der Waals surface area contributed by atoms with Crippen molar-refractivity contribution >= 4 is 17.7 Å². The van der Waals surface area contributed by atoms with Crippen molar-refractivity contribution in [1.82, 2.24) is 10.6 Å². The summed E-state index contributed by atoms with van der Waals surface area (Å²) in [6, 6.07) is 4.93. The molecular formula is C17H26FN3OS. The number of rotatable bonds is 7. The van der Waals surface area contributed by atoms with E-state index in [2.05, 4.69) is 15.6 Å². The third-order valence-electron chi connectivity index (χ3n) is 3.74. The van der Waals surface area contributed by atoms with Gasteiger partial charge in [0.25, 0.3) is 0 Å². The molecule has 6 heteroatoms. The van der Waals surface area contributed by atoms with E-state index in [-0.39, 0.29) is 11.9 Å². The van der Waals surface area contributed by atoms with Crippen LogP contribution in [0.1, 0.15) is 30.9 Å². The van der Waals surface area contributed by atoms with Gasteiger partial charge < -0.3 is 15.4 Å². The predicted octanol–water partition coefficient (Wildman–Crippen LogP) is 2.92. The number of guanidine groups is 1. The minimum Gasteiger partial charge on any atom is -0.376 e. The largest absolute Gasteiger partial charge is 0.376 e. The van der Waals surface area contributed by atoms with Gasteiger partial charge in [-0.25, -0.2) is 9.38 Å². The molecule has 1 aliphatic rings. The Morgan fingerprint density at radius 2 is 2.26 bits per heavy atom. The minimum absolute atomic E-state index is 0.190. The molecule has 2 N–H and O–H groups in total. The molecule has 1 aromatic rings. The van der Waals surface area contributed by atoms with Crippen molar-refractivity contribution in [3.63, 3.8) is 0 Å². The molecule has 128 valence electrons. The third kappa shape index (κ3) is 6.03. The lowest BCUT2D eigenvalue weighted by Gasteiger charge is -2.15.